The molecule has 3 aromatic rings. The zero-order valence-corrected chi connectivity index (χ0v) is 15.0. The van der Waals surface area contributed by atoms with Gasteiger partial charge < -0.3 is 9.84 Å². The Labute approximate surface area is 152 Å². The van der Waals surface area contributed by atoms with Crippen LogP contribution in [0.15, 0.2) is 42.6 Å². The smallest absolute Gasteiger partial charge is 0.182 e. The molecule has 0 fully saturated rings. The minimum atomic E-state index is -0.519. The van der Waals surface area contributed by atoms with Crippen molar-refractivity contribution in [1.29, 1.82) is 0 Å². The molecule has 5 heteroatoms. The number of aryl methyl sites for hydroxylation is 1. The summed E-state index contributed by atoms with van der Waals surface area (Å²) in [6, 6.07) is 11.7. The van der Waals surface area contributed by atoms with Gasteiger partial charge in [-0.1, -0.05) is 24.3 Å². The van der Waals surface area contributed by atoms with Crippen LogP contribution in [0.1, 0.15) is 46.6 Å². The molecule has 0 saturated heterocycles. The second kappa shape index (κ2) is 6.57. The number of imidazole rings is 1. The van der Waals surface area contributed by atoms with Crippen LogP contribution in [0.25, 0.3) is 5.65 Å². The number of carbonyl (C=O) groups excluding carboxylic acids is 1. The lowest BCUT2D eigenvalue weighted by atomic mass is 9.93. The van der Waals surface area contributed by atoms with Gasteiger partial charge in [0.1, 0.15) is 5.69 Å². The first kappa shape index (κ1) is 16.8. The van der Waals surface area contributed by atoms with E-state index in [1.54, 1.807) is 4.40 Å². The molecule has 1 aliphatic rings. The van der Waals surface area contributed by atoms with E-state index in [4.69, 9.17) is 4.74 Å². The standard InChI is InChI=1S/C21H22N2O3/c1-3-26-19-9-6-10-23-20(13(2)22-21(19)23)18(25)12-16-15-8-5-4-7-14(15)11-17(16)24/h4-10,16-17,24H,3,11-12H2,1-2H3/t16-,17+/m1/s1. The lowest BCUT2D eigenvalue weighted by Gasteiger charge is -2.15. The second-order valence-electron chi connectivity index (χ2n) is 6.75. The SMILES string of the molecule is CCOc1cccn2c(C(=O)C[C@@H]3c4ccccc4C[C@@H]3O)c(C)nc12. The van der Waals surface area contributed by atoms with E-state index < -0.39 is 6.10 Å². The quantitative estimate of drug-likeness (QED) is 0.717. The molecule has 0 bridgehead atoms. The Morgan fingerprint density at radius 1 is 1.31 bits per heavy atom. The first-order valence-corrected chi connectivity index (χ1v) is 8.99. The van der Waals surface area contributed by atoms with Crippen molar-refractivity contribution in [3.05, 3.63) is 65.1 Å². The highest BCUT2D eigenvalue weighted by Crippen LogP contribution is 2.37. The molecule has 1 aliphatic carbocycles. The highest BCUT2D eigenvalue weighted by Gasteiger charge is 2.33. The Balaban J connectivity index is 1.69. The summed E-state index contributed by atoms with van der Waals surface area (Å²) < 4.78 is 7.43. The first-order valence-electron chi connectivity index (χ1n) is 8.99. The average molecular weight is 350 g/mol. The summed E-state index contributed by atoms with van der Waals surface area (Å²) in [5.41, 5.74) is 4.12. The fourth-order valence-electron chi connectivity index (χ4n) is 3.96. The molecule has 0 radical (unpaired) electrons. The van der Waals surface area contributed by atoms with E-state index in [2.05, 4.69) is 4.98 Å². The van der Waals surface area contributed by atoms with Crippen LogP contribution in [0.2, 0.25) is 0 Å². The molecule has 0 amide bonds. The van der Waals surface area contributed by atoms with Crippen molar-refractivity contribution < 1.29 is 14.6 Å². The van der Waals surface area contributed by atoms with Gasteiger partial charge in [0, 0.05) is 18.5 Å². The van der Waals surface area contributed by atoms with E-state index >= 15 is 0 Å². The fraction of sp³-hybridized carbons (Fsp3) is 0.333. The van der Waals surface area contributed by atoms with E-state index in [9.17, 15) is 9.90 Å². The molecule has 5 nitrogen and oxygen atoms in total. The van der Waals surface area contributed by atoms with Gasteiger partial charge in [-0.25, -0.2) is 4.98 Å². The number of carbonyl (C=O) groups is 1. The zero-order chi connectivity index (χ0) is 18.3. The van der Waals surface area contributed by atoms with Crippen LogP contribution < -0.4 is 4.74 Å². The summed E-state index contributed by atoms with van der Waals surface area (Å²) in [5, 5.41) is 10.5. The second-order valence-corrected chi connectivity index (χ2v) is 6.75. The van der Waals surface area contributed by atoms with Crippen LogP contribution in [-0.4, -0.2) is 33.0 Å². The Kier molecular flexibility index (Phi) is 4.24. The molecule has 0 aliphatic heterocycles. The highest BCUT2D eigenvalue weighted by molar-refractivity contribution is 5.97. The van der Waals surface area contributed by atoms with E-state index in [0.29, 0.717) is 35.8 Å². The highest BCUT2D eigenvalue weighted by atomic mass is 16.5. The normalized spacial score (nSPS) is 18.9. The summed E-state index contributed by atoms with van der Waals surface area (Å²) in [5.74, 6) is 0.492. The number of aromatic nitrogens is 2. The minimum Gasteiger partial charge on any atom is -0.490 e. The molecule has 0 spiro atoms. The molecule has 134 valence electrons. The number of hydrogen-bond donors (Lipinski definition) is 1. The number of nitrogens with zero attached hydrogens (tertiary/aromatic N) is 2. The Morgan fingerprint density at radius 3 is 2.92 bits per heavy atom. The van der Waals surface area contributed by atoms with E-state index in [-0.39, 0.29) is 18.1 Å². The number of aliphatic hydroxyl groups excluding tert-OH is 1. The summed E-state index contributed by atoms with van der Waals surface area (Å²) in [4.78, 5) is 17.7. The number of ketones is 1. The lowest BCUT2D eigenvalue weighted by Crippen LogP contribution is -2.18. The summed E-state index contributed by atoms with van der Waals surface area (Å²) in [6.45, 7) is 4.30. The number of benzene rings is 1. The van der Waals surface area contributed by atoms with Crippen LogP contribution in [0, 0.1) is 6.92 Å². The molecule has 0 unspecified atom stereocenters. The molecule has 26 heavy (non-hydrogen) atoms. The van der Waals surface area contributed by atoms with Gasteiger partial charge in [-0.15, -0.1) is 0 Å². The van der Waals surface area contributed by atoms with Gasteiger partial charge in [0.2, 0.25) is 0 Å². The summed E-state index contributed by atoms with van der Waals surface area (Å²) in [6.07, 6.45) is 2.19. The van der Waals surface area contributed by atoms with Crippen molar-refractivity contribution in [2.45, 2.75) is 38.7 Å². The third-order valence-electron chi connectivity index (χ3n) is 5.11. The summed E-state index contributed by atoms with van der Waals surface area (Å²) >= 11 is 0. The number of pyridine rings is 1. The Morgan fingerprint density at radius 2 is 2.12 bits per heavy atom. The Bertz CT molecular complexity index is 977. The first-order chi connectivity index (χ1) is 12.6. The number of Topliss-reactive ketones (excluding diaryl/α,β-unsaturated/α-hetero) is 1. The molecule has 0 saturated carbocycles. The number of fused-ring (bicyclic) bond motifs is 2. The van der Waals surface area contributed by atoms with Crippen molar-refractivity contribution in [1.82, 2.24) is 9.38 Å². The Hall–Kier alpha value is -2.66. The van der Waals surface area contributed by atoms with Crippen LogP contribution >= 0.6 is 0 Å². The minimum absolute atomic E-state index is 0.00981. The molecular weight excluding hydrogens is 328 g/mol. The predicted molar refractivity (Wildman–Crippen MR) is 98.9 cm³/mol. The van der Waals surface area contributed by atoms with Crippen molar-refractivity contribution >= 4 is 11.4 Å². The average Bonchev–Trinajstić information content (AvgIpc) is 3.12. The van der Waals surface area contributed by atoms with Gasteiger partial charge in [0.05, 0.1) is 18.4 Å². The molecule has 4 rings (SSSR count). The van der Waals surface area contributed by atoms with E-state index in [1.807, 2.05) is 56.4 Å². The topological polar surface area (TPSA) is 63.8 Å². The van der Waals surface area contributed by atoms with Crippen molar-refractivity contribution in [3.8, 4) is 5.75 Å². The van der Waals surface area contributed by atoms with E-state index in [0.717, 1.165) is 11.1 Å². The van der Waals surface area contributed by atoms with Crippen molar-refractivity contribution in [3.63, 3.8) is 0 Å². The molecule has 2 heterocycles. The summed E-state index contributed by atoms with van der Waals surface area (Å²) in [7, 11) is 0. The van der Waals surface area contributed by atoms with Gasteiger partial charge in [-0.05, 0) is 43.5 Å². The van der Waals surface area contributed by atoms with Crippen LogP contribution in [-0.2, 0) is 6.42 Å². The number of hydrogen-bond acceptors (Lipinski definition) is 4. The maximum absolute atomic E-state index is 13.1. The lowest BCUT2D eigenvalue weighted by molar-refractivity contribution is 0.0915. The molecule has 2 aromatic heterocycles. The van der Waals surface area contributed by atoms with Crippen molar-refractivity contribution in [2.75, 3.05) is 6.61 Å². The number of rotatable bonds is 5. The fourth-order valence-corrected chi connectivity index (χ4v) is 3.96. The third kappa shape index (κ3) is 2.69. The number of ether oxygens (including phenoxy) is 1. The third-order valence-corrected chi connectivity index (χ3v) is 5.11. The zero-order valence-electron chi connectivity index (χ0n) is 15.0. The predicted octanol–water partition coefficient (Wildman–Crippen LogP) is 3.32. The monoisotopic (exact) mass is 350 g/mol. The molecule has 1 aromatic carbocycles. The van der Waals surface area contributed by atoms with Gasteiger partial charge in [0.25, 0.3) is 0 Å². The molecule has 2 atom stereocenters. The number of aliphatic hydroxyl groups is 1. The van der Waals surface area contributed by atoms with Gasteiger partial charge >= 0.3 is 0 Å². The van der Waals surface area contributed by atoms with Crippen molar-refractivity contribution in [2.24, 2.45) is 0 Å². The maximum atomic E-state index is 13.1. The van der Waals surface area contributed by atoms with Gasteiger partial charge in [0.15, 0.2) is 17.2 Å². The molecular formula is C21H22N2O3. The van der Waals surface area contributed by atoms with Crippen LogP contribution in [0.3, 0.4) is 0 Å². The van der Waals surface area contributed by atoms with Gasteiger partial charge in [-0.2, -0.15) is 0 Å². The maximum Gasteiger partial charge on any atom is 0.182 e. The van der Waals surface area contributed by atoms with Gasteiger partial charge in [-0.3, -0.25) is 9.20 Å². The molecule has 1 N–H and O–H groups in total. The van der Waals surface area contributed by atoms with Crippen LogP contribution in [0.5, 0.6) is 5.75 Å². The van der Waals surface area contributed by atoms with Crippen LogP contribution in [0.4, 0.5) is 0 Å². The van der Waals surface area contributed by atoms with E-state index in [1.165, 1.54) is 0 Å². The largest absolute Gasteiger partial charge is 0.490 e.